The molecule has 0 aliphatic heterocycles. The summed E-state index contributed by atoms with van der Waals surface area (Å²) in [5, 5.41) is 10.3. The Bertz CT molecular complexity index is 1020. The van der Waals surface area contributed by atoms with Gasteiger partial charge in [-0.05, 0) is 24.3 Å². The summed E-state index contributed by atoms with van der Waals surface area (Å²) in [4.78, 5) is 21.8. The van der Waals surface area contributed by atoms with Crippen LogP contribution in [0.2, 0.25) is 0 Å². The Morgan fingerprint density at radius 3 is 2.40 bits per heavy atom. The first kappa shape index (κ1) is 16.9. The van der Waals surface area contributed by atoms with Crippen molar-refractivity contribution in [2.75, 3.05) is 4.72 Å². The maximum Gasteiger partial charge on any atom is 0.373 e. The maximum atomic E-state index is 12.9. The number of thiazole rings is 1. The van der Waals surface area contributed by atoms with Gasteiger partial charge in [0.1, 0.15) is 10.8 Å². The van der Waals surface area contributed by atoms with Gasteiger partial charge in [0.2, 0.25) is 5.82 Å². The monoisotopic (exact) mass is 380 g/mol. The molecule has 128 valence electrons. The molecule has 3 aromatic rings. The van der Waals surface area contributed by atoms with Crippen molar-refractivity contribution in [1.82, 2.24) is 15.0 Å². The van der Waals surface area contributed by atoms with Crippen LogP contribution in [-0.4, -0.2) is 34.4 Å². The highest BCUT2D eigenvalue weighted by molar-refractivity contribution is 7.92. The number of carbonyl (C=O) groups is 1. The molecular weight excluding hydrogens is 371 g/mol. The highest BCUT2D eigenvalue weighted by atomic mass is 32.2. The van der Waals surface area contributed by atoms with Gasteiger partial charge in [-0.2, -0.15) is 8.42 Å². The quantitative estimate of drug-likeness (QED) is 0.696. The third-order valence-corrected chi connectivity index (χ3v) is 5.25. The van der Waals surface area contributed by atoms with Crippen LogP contribution in [0.1, 0.15) is 10.6 Å². The summed E-state index contributed by atoms with van der Waals surface area (Å²) in [7, 11) is -3.99. The van der Waals surface area contributed by atoms with Crippen LogP contribution in [0.4, 0.5) is 10.1 Å². The number of hydrogen-bond acceptors (Lipinski definition) is 7. The Morgan fingerprint density at radius 1 is 1.16 bits per heavy atom. The minimum atomic E-state index is -3.99. The van der Waals surface area contributed by atoms with E-state index in [0.29, 0.717) is 10.6 Å². The molecule has 0 unspecified atom stereocenters. The molecule has 0 saturated carbocycles. The van der Waals surface area contributed by atoms with Gasteiger partial charge < -0.3 is 5.11 Å². The Balaban J connectivity index is 1.83. The fourth-order valence-corrected chi connectivity index (χ4v) is 3.94. The van der Waals surface area contributed by atoms with Gasteiger partial charge in [0.25, 0.3) is 10.0 Å². The van der Waals surface area contributed by atoms with Gasteiger partial charge in [0.15, 0.2) is 5.03 Å². The number of rotatable bonds is 5. The lowest BCUT2D eigenvalue weighted by Gasteiger charge is -2.04. The Hall–Kier alpha value is -2.92. The lowest BCUT2D eigenvalue weighted by atomic mass is 10.2. The molecule has 2 N–H and O–H groups in total. The summed E-state index contributed by atoms with van der Waals surface area (Å²) in [5.41, 5.74) is 0.586. The van der Waals surface area contributed by atoms with E-state index in [1.165, 1.54) is 29.6 Å². The van der Waals surface area contributed by atoms with Crippen molar-refractivity contribution in [3.8, 4) is 10.6 Å². The number of sulfonamides is 1. The highest BCUT2D eigenvalue weighted by Crippen LogP contribution is 2.26. The third kappa shape index (κ3) is 3.78. The van der Waals surface area contributed by atoms with Crippen molar-refractivity contribution in [2.24, 2.45) is 0 Å². The molecule has 2 heterocycles. The van der Waals surface area contributed by atoms with Gasteiger partial charge >= 0.3 is 5.97 Å². The van der Waals surface area contributed by atoms with E-state index in [-0.39, 0.29) is 10.7 Å². The molecule has 0 fully saturated rings. The summed E-state index contributed by atoms with van der Waals surface area (Å²) in [6.07, 6.45) is 2.09. The molecule has 0 saturated heterocycles. The zero-order chi connectivity index (χ0) is 18.0. The van der Waals surface area contributed by atoms with Crippen LogP contribution < -0.4 is 4.72 Å². The summed E-state index contributed by atoms with van der Waals surface area (Å²) in [6.45, 7) is 0. The molecule has 0 spiro atoms. The minimum Gasteiger partial charge on any atom is -0.475 e. The van der Waals surface area contributed by atoms with Gasteiger partial charge in [0, 0.05) is 10.9 Å². The molecule has 1 aromatic carbocycles. The van der Waals surface area contributed by atoms with E-state index in [1.54, 1.807) is 0 Å². The summed E-state index contributed by atoms with van der Waals surface area (Å²) < 4.78 is 39.8. The summed E-state index contributed by atoms with van der Waals surface area (Å²) in [6, 6.07) is 5.50. The second kappa shape index (κ2) is 6.53. The molecule has 3 rings (SSSR count). The normalized spacial score (nSPS) is 11.2. The molecule has 25 heavy (non-hydrogen) atoms. The Labute approximate surface area is 145 Å². The largest absolute Gasteiger partial charge is 0.475 e. The zero-order valence-electron chi connectivity index (χ0n) is 12.2. The lowest BCUT2D eigenvalue weighted by molar-refractivity contribution is 0.0683. The Morgan fingerprint density at radius 2 is 1.80 bits per heavy atom. The number of nitrogens with zero attached hydrogens (tertiary/aromatic N) is 3. The zero-order valence-corrected chi connectivity index (χ0v) is 13.9. The number of anilines is 1. The van der Waals surface area contributed by atoms with Crippen LogP contribution in [0.3, 0.4) is 0 Å². The number of hydrogen-bond donors (Lipinski definition) is 2. The highest BCUT2D eigenvalue weighted by Gasteiger charge is 2.19. The molecule has 0 aliphatic carbocycles. The van der Waals surface area contributed by atoms with E-state index in [2.05, 4.69) is 19.7 Å². The average molecular weight is 380 g/mol. The molecule has 0 aliphatic rings. The number of aromatic carboxylic acids is 1. The standard InChI is InChI=1S/C14H9FN4O4S2/c15-9-3-1-8(2-4-9)13-18-11(7-24-13)25(22,23)19-10-5-16-12(14(20)21)17-6-10/h1-7,19H,(H,20,21). The number of benzene rings is 1. The van der Waals surface area contributed by atoms with Gasteiger partial charge in [-0.3, -0.25) is 4.72 Å². The number of halogens is 1. The molecule has 2 aromatic heterocycles. The van der Waals surface area contributed by atoms with E-state index in [9.17, 15) is 17.6 Å². The van der Waals surface area contributed by atoms with Crippen LogP contribution in [0.5, 0.6) is 0 Å². The van der Waals surface area contributed by atoms with Crippen molar-refractivity contribution < 1.29 is 22.7 Å². The molecular formula is C14H9FN4O4S2. The van der Waals surface area contributed by atoms with Gasteiger partial charge in [-0.1, -0.05) is 0 Å². The fourth-order valence-electron chi connectivity index (χ4n) is 1.81. The van der Waals surface area contributed by atoms with Crippen LogP contribution in [0, 0.1) is 5.82 Å². The van der Waals surface area contributed by atoms with Crippen molar-refractivity contribution in [2.45, 2.75) is 5.03 Å². The van der Waals surface area contributed by atoms with E-state index in [1.807, 2.05) is 0 Å². The number of carboxylic acid groups (broad SMARTS) is 1. The first-order valence-corrected chi connectivity index (χ1v) is 9.01. The first-order valence-electron chi connectivity index (χ1n) is 6.65. The molecule has 0 atom stereocenters. The van der Waals surface area contributed by atoms with Crippen molar-refractivity contribution >= 4 is 33.0 Å². The summed E-state index contributed by atoms with van der Waals surface area (Å²) >= 11 is 1.09. The van der Waals surface area contributed by atoms with E-state index >= 15 is 0 Å². The SMILES string of the molecule is O=C(O)c1ncc(NS(=O)(=O)c2csc(-c3ccc(F)cc3)n2)cn1. The van der Waals surface area contributed by atoms with Gasteiger partial charge in [0.05, 0.1) is 18.1 Å². The first-order chi connectivity index (χ1) is 11.8. The lowest BCUT2D eigenvalue weighted by Crippen LogP contribution is -2.14. The van der Waals surface area contributed by atoms with Crippen molar-refractivity contribution in [3.05, 3.63) is 53.7 Å². The van der Waals surface area contributed by atoms with E-state index < -0.39 is 27.6 Å². The maximum absolute atomic E-state index is 12.9. The molecule has 0 bridgehead atoms. The fraction of sp³-hybridized carbons (Fsp3) is 0. The molecule has 0 radical (unpaired) electrons. The second-order valence-corrected chi connectivity index (χ2v) is 7.19. The van der Waals surface area contributed by atoms with Crippen molar-refractivity contribution in [3.63, 3.8) is 0 Å². The van der Waals surface area contributed by atoms with Crippen LogP contribution in [0.15, 0.2) is 47.1 Å². The number of nitrogens with one attached hydrogen (secondary N) is 1. The smallest absolute Gasteiger partial charge is 0.373 e. The Kier molecular flexibility index (Phi) is 4.42. The summed E-state index contributed by atoms with van der Waals surface area (Å²) in [5.74, 6) is -2.17. The topological polar surface area (TPSA) is 122 Å². The third-order valence-electron chi connectivity index (χ3n) is 2.94. The van der Waals surface area contributed by atoms with Crippen LogP contribution in [0.25, 0.3) is 10.6 Å². The predicted molar refractivity (Wildman–Crippen MR) is 87.3 cm³/mol. The van der Waals surface area contributed by atoms with Crippen LogP contribution in [-0.2, 0) is 10.0 Å². The number of aromatic nitrogens is 3. The molecule has 8 nitrogen and oxygen atoms in total. The molecule has 0 amide bonds. The van der Waals surface area contributed by atoms with Crippen LogP contribution >= 0.6 is 11.3 Å². The molecule has 11 heteroatoms. The van der Waals surface area contributed by atoms with E-state index in [0.717, 1.165) is 23.7 Å². The minimum absolute atomic E-state index is 0.00123. The second-order valence-electron chi connectivity index (χ2n) is 4.70. The average Bonchev–Trinajstić information content (AvgIpc) is 3.06. The predicted octanol–water partition coefficient (Wildman–Crippen LogP) is 2.24. The van der Waals surface area contributed by atoms with Crippen molar-refractivity contribution in [1.29, 1.82) is 0 Å². The number of carboxylic acids is 1. The van der Waals surface area contributed by atoms with E-state index in [4.69, 9.17) is 5.11 Å². The van der Waals surface area contributed by atoms with Gasteiger partial charge in [-0.15, -0.1) is 11.3 Å². The van der Waals surface area contributed by atoms with Gasteiger partial charge in [-0.25, -0.2) is 24.1 Å².